The van der Waals surface area contributed by atoms with Gasteiger partial charge in [0, 0.05) is 16.9 Å². The molecule has 2 aliphatic carbocycles. The molecule has 0 radical (unpaired) electrons. The molecule has 4 atom stereocenters. The summed E-state index contributed by atoms with van der Waals surface area (Å²) in [5.41, 5.74) is 1.82. The van der Waals surface area contributed by atoms with Crippen molar-refractivity contribution in [3.63, 3.8) is 0 Å². The molecule has 0 bridgehead atoms. The van der Waals surface area contributed by atoms with Crippen LogP contribution < -0.4 is 0 Å². The maximum Gasteiger partial charge on any atom is 0.0974 e. The molecule has 4 aliphatic rings. The largest absolute Gasteiger partial charge is 0.512 e. The predicted octanol–water partition coefficient (Wildman–Crippen LogP) is 3.74. The quantitative estimate of drug-likeness (QED) is 0.718. The molecule has 2 aliphatic heterocycles. The number of hydrogen-bond acceptors (Lipinski definition) is 2. The van der Waals surface area contributed by atoms with Gasteiger partial charge in [-0.2, -0.15) is 0 Å². The Morgan fingerprint density at radius 3 is 2.74 bits per heavy atom. The Balaban J connectivity index is 1.89. The van der Waals surface area contributed by atoms with Crippen molar-refractivity contribution in [2.24, 2.45) is 23.2 Å². The summed E-state index contributed by atoms with van der Waals surface area (Å²) in [6.07, 6.45) is 6.42. The molecule has 1 N–H and O–H groups in total. The Morgan fingerprint density at radius 1 is 1.16 bits per heavy atom. The van der Waals surface area contributed by atoms with Gasteiger partial charge in [0.25, 0.3) is 0 Å². The third kappa shape index (κ3) is 1.36. The average molecular weight is 261 g/mol. The van der Waals surface area contributed by atoms with E-state index in [4.69, 9.17) is 0 Å². The van der Waals surface area contributed by atoms with Crippen molar-refractivity contribution in [2.75, 3.05) is 13.1 Å². The smallest absolute Gasteiger partial charge is 0.0974 e. The molecule has 0 amide bonds. The van der Waals surface area contributed by atoms with E-state index in [0.29, 0.717) is 11.5 Å². The van der Waals surface area contributed by atoms with E-state index in [9.17, 15) is 5.11 Å². The Labute approximate surface area is 116 Å². The van der Waals surface area contributed by atoms with E-state index in [0.717, 1.165) is 17.6 Å². The van der Waals surface area contributed by atoms with Gasteiger partial charge in [-0.25, -0.2) is 0 Å². The molecule has 0 spiro atoms. The minimum absolute atomic E-state index is 0.0146. The van der Waals surface area contributed by atoms with Gasteiger partial charge in [0.05, 0.1) is 5.76 Å². The SMILES string of the molecule is CC1(C)CC2CCCN3CCC4CC(=C1O)C2C43C. The van der Waals surface area contributed by atoms with Crippen molar-refractivity contribution in [2.45, 2.75) is 58.4 Å². The van der Waals surface area contributed by atoms with E-state index >= 15 is 0 Å². The van der Waals surface area contributed by atoms with Crippen LogP contribution in [0.2, 0.25) is 0 Å². The first-order chi connectivity index (χ1) is 8.94. The van der Waals surface area contributed by atoms with Gasteiger partial charge in [-0.1, -0.05) is 13.8 Å². The molecule has 3 fully saturated rings. The van der Waals surface area contributed by atoms with Crippen LogP contribution in [0.4, 0.5) is 0 Å². The lowest BCUT2D eigenvalue weighted by atomic mass is 9.63. The number of aliphatic hydroxyl groups excluding tert-OH is 1. The second-order valence-corrected chi connectivity index (χ2v) is 8.24. The summed E-state index contributed by atoms with van der Waals surface area (Å²) in [4.78, 5) is 2.76. The Kier molecular flexibility index (Phi) is 2.31. The number of rotatable bonds is 0. The first kappa shape index (κ1) is 12.3. The zero-order valence-corrected chi connectivity index (χ0v) is 12.6. The zero-order chi connectivity index (χ0) is 13.4. The zero-order valence-electron chi connectivity index (χ0n) is 12.6. The van der Waals surface area contributed by atoms with E-state index in [2.05, 4.69) is 25.7 Å². The van der Waals surface area contributed by atoms with Crippen LogP contribution in [-0.4, -0.2) is 28.6 Å². The second-order valence-electron chi connectivity index (χ2n) is 8.24. The van der Waals surface area contributed by atoms with Crippen LogP contribution in [0.5, 0.6) is 0 Å². The number of nitrogens with zero attached hydrogens (tertiary/aromatic N) is 1. The monoisotopic (exact) mass is 261 g/mol. The highest BCUT2D eigenvalue weighted by Gasteiger charge is 2.61. The lowest BCUT2D eigenvalue weighted by Gasteiger charge is -2.46. The third-order valence-electron chi connectivity index (χ3n) is 6.92. The fourth-order valence-corrected chi connectivity index (χ4v) is 6.08. The van der Waals surface area contributed by atoms with Crippen LogP contribution >= 0.6 is 0 Å². The molecule has 2 heterocycles. The Morgan fingerprint density at radius 2 is 1.95 bits per heavy atom. The number of hydrogen-bond donors (Lipinski definition) is 1. The van der Waals surface area contributed by atoms with E-state index in [-0.39, 0.29) is 5.41 Å². The minimum Gasteiger partial charge on any atom is -0.512 e. The van der Waals surface area contributed by atoms with Crippen LogP contribution in [0.25, 0.3) is 0 Å². The fourth-order valence-electron chi connectivity index (χ4n) is 6.08. The second kappa shape index (κ2) is 3.58. The molecule has 0 aromatic rings. The van der Waals surface area contributed by atoms with Gasteiger partial charge in [-0.3, -0.25) is 4.90 Å². The topological polar surface area (TPSA) is 23.5 Å². The minimum atomic E-state index is 0.0146. The van der Waals surface area contributed by atoms with Crippen molar-refractivity contribution in [3.05, 3.63) is 11.3 Å². The van der Waals surface area contributed by atoms with E-state index in [1.165, 1.54) is 50.8 Å². The average Bonchev–Trinajstić information content (AvgIpc) is 2.73. The molecule has 106 valence electrons. The van der Waals surface area contributed by atoms with Gasteiger partial charge < -0.3 is 5.11 Å². The van der Waals surface area contributed by atoms with E-state index < -0.39 is 0 Å². The summed E-state index contributed by atoms with van der Waals surface area (Å²) < 4.78 is 0. The number of aliphatic hydroxyl groups is 1. The summed E-state index contributed by atoms with van der Waals surface area (Å²) in [5, 5.41) is 10.8. The van der Waals surface area contributed by atoms with Crippen LogP contribution in [0.1, 0.15) is 52.9 Å². The van der Waals surface area contributed by atoms with Gasteiger partial charge in [0.2, 0.25) is 0 Å². The maximum atomic E-state index is 10.8. The van der Waals surface area contributed by atoms with Gasteiger partial charge in [-0.05, 0) is 69.5 Å². The van der Waals surface area contributed by atoms with Gasteiger partial charge >= 0.3 is 0 Å². The molecular formula is C17H27NO. The van der Waals surface area contributed by atoms with Crippen molar-refractivity contribution >= 4 is 0 Å². The van der Waals surface area contributed by atoms with E-state index in [1.807, 2.05) is 0 Å². The summed E-state index contributed by atoms with van der Waals surface area (Å²) in [6, 6.07) is 0. The van der Waals surface area contributed by atoms with Crippen LogP contribution in [0.15, 0.2) is 11.3 Å². The van der Waals surface area contributed by atoms with E-state index in [1.54, 1.807) is 0 Å². The Bertz CT molecular complexity index is 452. The normalized spacial score (nSPS) is 48.3. The molecular weight excluding hydrogens is 234 g/mol. The van der Waals surface area contributed by atoms with Crippen molar-refractivity contribution in [1.82, 2.24) is 4.90 Å². The van der Waals surface area contributed by atoms with Crippen LogP contribution in [0, 0.1) is 23.2 Å². The maximum absolute atomic E-state index is 10.8. The molecule has 19 heavy (non-hydrogen) atoms. The van der Waals surface area contributed by atoms with Crippen molar-refractivity contribution < 1.29 is 5.11 Å². The molecule has 4 rings (SSSR count). The van der Waals surface area contributed by atoms with Crippen molar-refractivity contribution in [3.8, 4) is 0 Å². The molecule has 2 saturated heterocycles. The van der Waals surface area contributed by atoms with Gasteiger partial charge in [-0.15, -0.1) is 0 Å². The summed E-state index contributed by atoms with van der Waals surface area (Å²) >= 11 is 0. The first-order valence-electron chi connectivity index (χ1n) is 8.12. The molecule has 1 saturated carbocycles. The van der Waals surface area contributed by atoms with Gasteiger partial charge in [0.15, 0.2) is 0 Å². The van der Waals surface area contributed by atoms with Crippen LogP contribution in [0.3, 0.4) is 0 Å². The molecule has 4 unspecified atom stereocenters. The standard InChI is InChI=1S/C17H27NO/c1-16(2)10-11-5-4-7-18-8-6-12-9-13(15(16)19)14(11)17(12,18)3/h11-12,14,19H,4-10H2,1-3H3. The summed E-state index contributed by atoms with van der Waals surface area (Å²) in [7, 11) is 0. The summed E-state index contributed by atoms with van der Waals surface area (Å²) in [6.45, 7) is 9.57. The van der Waals surface area contributed by atoms with Crippen molar-refractivity contribution in [1.29, 1.82) is 0 Å². The third-order valence-corrected chi connectivity index (χ3v) is 6.92. The lowest BCUT2D eigenvalue weighted by molar-refractivity contribution is 0.0624. The highest BCUT2D eigenvalue weighted by Crippen LogP contribution is 2.63. The van der Waals surface area contributed by atoms with Gasteiger partial charge in [0.1, 0.15) is 0 Å². The molecule has 2 heteroatoms. The highest BCUT2D eigenvalue weighted by molar-refractivity contribution is 5.34. The summed E-state index contributed by atoms with van der Waals surface area (Å²) in [5.74, 6) is 3.00. The highest BCUT2D eigenvalue weighted by atomic mass is 16.3. The lowest BCUT2D eigenvalue weighted by Crippen LogP contribution is -2.50. The Hall–Kier alpha value is -0.500. The first-order valence-corrected chi connectivity index (χ1v) is 8.12. The fraction of sp³-hybridized carbons (Fsp3) is 0.882. The molecule has 0 aromatic heterocycles. The predicted molar refractivity (Wildman–Crippen MR) is 77.0 cm³/mol. The number of allylic oxidation sites excluding steroid dienone is 1. The molecule has 2 nitrogen and oxygen atoms in total. The molecule has 0 aromatic carbocycles. The van der Waals surface area contributed by atoms with Crippen LogP contribution in [-0.2, 0) is 0 Å².